The van der Waals surface area contributed by atoms with E-state index in [1.54, 1.807) is 19.1 Å². The maximum absolute atomic E-state index is 12.8. The molecule has 1 N–H and O–H groups in total. The van der Waals surface area contributed by atoms with Crippen LogP contribution >= 0.6 is 0 Å². The summed E-state index contributed by atoms with van der Waals surface area (Å²) in [6.45, 7) is 4.97. The van der Waals surface area contributed by atoms with Crippen LogP contribution in [-0.4, -0.2) is 51.7 Å². The monoisotopic (exact) mass is 395 g/mol. The van der Waals surface area contributed by atoms with E-state index in [9.17, 15) is 4.79 Å². The van der Waals surface area contributed by atoms with Gasteiger partial charge in [0.1, 0.15) is 0 Å². The fourth-order valence-corrected chi connectivity index (χ4v) is 3.74. The van der Waals surface area contributed by atoms with Gasteiger partial charge in [0.05, 0.1) is 27.3 Å². The molecule has 2 aromatic rings. The molecule has 0 radical (unpaired) electrons. The second-order valence-electron chi connectivity index (χ2n) is 7.61. The van der Waals surface area contributed by atoms with Crippen LogP contribution in [0.15, 0.2) is 48.5 Å². The molecule has 1 amide bonds. The van der Waals surface area contributed by atoms with Gasteiger partial charge in [-0.15, -0.1) is 0 Å². The highest BCUT2D eigenvalue weighted by molar-refractivity contribution is 5.77. The van der Waals surface area contributed by atoms with E-state index in [-0.39, 0.29) is 5.91 Å². The van der Waals surface area contributed by atoms with E-state index in [1.807, 2.05) is 32.2 Å². The number of amides is 1. The number of rotatable bonds is 7. The van der Waals surface area contributed by atoms with Gasteiger partial charge in [0.15, 0.2) is 18.0 Å². The van der Waals surface area contributed by atoms with Crippen molar-refractivity contribution in [2.24, 2.45) is 0 Å². The molecule has 5 nitrogen and oxygen atoms in total. The minimum atomic E-state index is 0.158. The molecule has 0 saturated heterocycles. The van der Waals surface area contributed by atoms with Gasteiger partial charge in [-0.1, -0.05) is 30.3 Å². The minimum absolute atomic E-state index is 0.158. The fraction of sp³-hybridized carbons (Fsp3) is 0.375. The van der Waals surface area contributed by atoms with Crippen LogP contribution in [0.4, 0.5) is 0 Å². The molecule has 1 atom stereocenters. The molecule has 2 aromatic carbocycles. The molecule has 29 heavy (non-hydrogen) atoms. The van der Waals surface area contributed by atoms with Crippen molar-refractivity contribution in [2.75, 3.05) is 40.9 Å². The molecular weight excluding hydrogens is 364 g/mol. The average molecular weight is 396 g/mol. The van der Waals surface area contributed by atoms with Crippen molar-refractivity contribution in [3.8, 4) is 11.5 Å². The van der Waals surface area contributed by atoms with E-state index in [1.165, 1.54) is 16.0 Å². The van der Waals surface area contributed by atoms with Gasteiger partial charge in [-0.05, 0) is 47.4 Å². The first-order valence-corrected chi connectivity index (χ1v) is 10.0. The predicted octanol–water partition coefficient (Wildman–Crippen LogP) is 2.34. The van der Waals surface area contributed by atoms with Gasteiger partial charge in [0.25, 0.3) is 5.91 Å². The summed E-state index contributed by atoms with van der Waals surface area (Å²) >= 11 is 0. The highest BCUT2D eigenvalue weighted by Gasteiger charge is 2.21. The molecule has 0 saturated carbocycles. The highest BCUT2D eigenvalue weighted by Crippen LogP contribution is 2.30. The lowest BCUT2D eigenvalue weighted by molar-refractivity contribution is -0.887. The van der Waals surface area contributed by atoms with Crippen LogP contribution in [-0.2, 0) is 11.3 Å². The summed E-state index contributed by atoms with van der Waals surface area (Å²) in [5, 5.41) is 0. The zero-order chi connectivity index (χ0) is 20.8. The first-order valence-electron chi connectivity index (χ1n) is 10.0. The van der Waals surface area contributed by atoms with Crippen LogP contribution in [0.5, 0.6) is 11.5 Å². The quantitative estimate of drug-likeness (QED) is 0.783. The Morgan fingerprint density at radius 1 is 1.10 bits per heavy atom. The maximum atomic E-state index is 12.8. The molecule has 1 heterocycles. The second-order valence-corrected chi connectivity index (χ2v) is 7.61. The Balaban J connectivity index is 1.58. The van der Waals surface area contributed by atoms with Crippen molar-refractivity contribution in [3.63, 3.8) is 0 Å². The Bertz CT molecular complexity index is 877. The molecule has 3 rings (SSSR count). The van der Waals surface area contributed by atoms with Crippen LogP contribution in [0.25, 0.3) is 5.57 Å². The zero-order valence-corrected chi connectivity index (χ0v) is 17.8. The molecule has 0 aromatic heterocycles. The predicted molar refractivity (Wildman–Crippen MR) is 115 cm³/mol. The Hall–Kier alpha value is -2.79. The number of nitrogens with zero attached hydrogens (tertiary/aromatic N) is 1. The summed E-state index contributed by atoms with van der Waals surface area (Å²) in [7, 11) is 5.13. The number of hydrogen-bond acceptors (Lipinski definition) is 3. The Kier molecular flexibility index (Phi) is 6.94. The standard InChI is InChI=1S/C24H30N2O3/c1-18-14-22(28-3)23(29-4)15-21(18)16-25(2)24(27)17-26-12-10-20(11-13-26)19-8-6-5-7-9-19/h5-10,14-15H,11-13,16-17H2,1-4H3/p+1. The number of quaternary nitrogens is 1. The van der Waals surface area contributed by atoms with Gasteiger partial charge in [-0.3, -0.25) is 4.79 Å². The number of nitrogens with one attached hydrogen (secondary N) is 1. The summed E-state index contributed by atoms with van der Waals surface area (Å²) in [5.74, 6) is 1.56. The molecule has 1 unspecified atom stereocenters. The topological polar surface area (TPSA) is 43.2 Å². The van der Waals surface area contributed by atoms with E-state index in [2.05, 4.69) is 30.3 Å². The summed E-state index contributed by atoms with van der Waals surface area (Å²) in [6.07, 6.45) is 3.28. The zero-order valence-electron chi connectivity index (χ0n) is 17.8. The molecule has 1 aliphatic heterocycles. The lowest BCUT2D eigenvalue weighted by Gasteiger charge is -2.26. The number of hydrogen-bond donors (Lipinski definition) is 1. The number of carbonyl (C=O) groups is 1. The van der Waals surface area contributed by atoms with Crippen molar-refractivity contribution < 1.29 is 19.2 Å². The van der Waals surface area contributed by atoms with Crippen molar-refractivity contribution >= 4 is 11.5 Å². The number of likely N-dealkylation sites (N-methyl/N-ethyl adjacent to an activating group) is 1. The van der Waals surface area contributed by atoms with Crippen molar-refractivity contribution in [1.29, 1.82) is 0 Å². The minimum Gasteiger partial charge on any atom is -0.493 e. The molecule has 0 spiro atoms. The highest BCUT2D eigenvalue weighted by atomic mass is 16.5. The summed E-state index contributed by atoms with van der Waals surface area (Å²) in [4.78, 5) is 15.9. The van der Waals surface area contributed by atoms with Gasteiger partial charge in [0.2, 0.25) is 0 Å². The fourth-order valence-electron chi connectivity index (χ4n) is 3.74. The van der Waals surface area contributed by atoms with Gasteiger partial charge in [-0.2, -0.15) is 0 Å². The molecule has 0 fully saturated rings. The van der Waals surface area contributed by atoms with Gasteiger partial charge in [-0.25, -0.2) is 0 Å². The molecule has 0 bridgehead atoms. The lowest BCUT2D eigenvalue weighted by atomic mass is 9.99. The Labute approximate surface area is 173 Å². The Morgan fingerprint density at radius 3 is 2.41 bits per heavy atom. The number of carbonyl (C=O) groups excluding carboxylic acids is 1. The van der Waals surface area contributed by atoms with Gasteiger partial charge < -0.3 is 19.3 Å². The summed E-state index contributed by atoms with van der Waals surface area (Å²) in [5.41, 5.74) is 4.83. The van der Waals surface area contributed by atoms with E-state index < -0.39 is 0 Å². The Morgan fingerprint density at radius 2 is 1.79 bits per heavy atom. The van der Waals surface area contributed by atoms with Crippen LogP contribution in [0.2, 0.25) is 0 Å². The number of ether oxygens (including phenoxy) is 2. The van der Waals surface area contributed by atoms with Crippen LogP contribution in [0, 0.1) is 6.92 Å². The van der Waals surface area contributed by atoms with Crippen LogP contribution < -0.4 is 14.4 Å². The molecule has 1 aliphatic rings. The normalized spacial score (nSPS) is 16.1. The van der Waals surface area contributed by atoms with E-state index in [0.717, 1.165) is 30.6 Å². The van der Waals surface area contributed by atoms with Gasteiger partial charge in [0, 0.05) is 20.0 Å². The maximum Gasteiger partial charge on any atom is 0.277 e. The molecule has 0 aliphatic carbocycles. The van der Waals surface area contributed by atoms with E-state index in [0.29, 0.717) is 24.6 Å². The third-order valence-electron chi connectivity index (χ3n) is 5.61. The third-order valence-corrected chi connectivity index (χ3v) is 5.61. The smallest absolute Gasteiger partial charge is 0.277 e. The van der Waals surface area contributed by atoms with Crippen LogP contribution in [0.3, 0.4) is 0 Å². The molecule has 154 valence electrons. The first-order chi connectivity index (χ1) is 14.0. The summed E-state index contributed by atoms with van der Waals surface area (Å²) < 4.78 is 10.8. The number of aryl methyl sites for hydroxylation is 1. The summed E-state index contributed by atoms with van der Waals surface area (Å²) in [6, 6.07) is 14.4. The second kappa shape index (κ2) is 9.61. The number of benzene rings is 2. The van der Waals surface area contributed by atoms with Crippen molar-refractivity contribution in [1.82, 2.24) is 4.90 Å². The van der Waals surface area contributed by atoms with Crippen molar-refractivity contribution in [3.05, 3.63) is 65.2 Å². The van der Waals surface area contributed by atoms with Crippen LogP contribution in [0.1, 0.15) is 23.1 Å². The molecule has 5 heteroatoms. The third kappa shape index (κ3) is 5.18. The van der Waals surface area contributed by atoms with E-state index in [4.69, 9.17) is 9.47 Å². The average Bonchev–Trinajstić information content (AvgIpc) is 2.75. The van der Waals surface area contributed by atoms with Crippen molar-refractivity contribution in [2.45, 2.75) is 19.9 Å². The lowest BCUT2D eigenvalue weighted by Crippen LogP contribution is -3.13. The largest absolute Gasteiger partial charge is 0.493 e. The SMILES string of the molecule is COc1cc(C)c(CN(C)C(=O)C[NH+]2CC=C(c3ccccc3)CC2)cc1OC. The number of methoxy groups -OCH3 is 2. The molecular formula is C24H31N2O3+. The van der Waals surface area contributed by atoms with E-state index >= 15 is 0 Å². The first kappa shape index (κ1) is 20.9. The van der Waals surface area contributed by atoms with Gasteiger partial charge >= 0.3 is 0 Å².